The van der Waals surface area contributed by atoms with Gasteiger partial charge in [-0.1, -0.05) is 54.6 Å². The van der Waals surface area contributed by atoms with Crippen LogP contribution in [0.5, 0.6) is 0 Å². The van der Waals surface area contributed by atoms with E-state index in [2.05, 4.69) is 10.2 Å². The Morgan fingerprint density at radius 1 is 0.886 bits per heavy atom. The van der Waals surface area contributed by atoms with Gasteiger partial charge in [-0.15, -0.1) is 0 Å². The largest absolute Gasteiger partial charge is 0.369 e. The fourth-order valence-electron chi connectivity index (χ4n) is 4.34. The van der Waals surface area contributed by atoms with Crippen molar-refractivity contribution in [1.82, 2.24) is 14.5 Å². The van der Waals surface area contributed by atoms with Crippen molar-refractivity contribution in [2.45, 2.75) is 10.9 Å². The number of hydrogen-bond acceptors (Lipinski definition) is 5. The molecule has 3 aromatic carbocycles. The first-order valence-corrected chi connectivity index (χ1v) is 13.2. The molecule has 0 saturated carbocycles. The molecule has 4 rings (SSSR count). The van der Waals surface area contributed by atoms with E-state index in [4.69, 9.17) is 0 Å². The maximum absolute atomic E-state index is 13.3. The first kappa shape index (κ1) is 24.9. The highest BCUT2D eigenvalue weighted by Crippen LogP contribution is 2.22. The standard InChI is InChI=1S/C27H32N4O3S/c1-29(2)26(22-10-5-3-6-11-22)21-28-27(32)23-12-9-15-25(20-23)35(33,34)31-18-16-30(17-19-31)24-13-7-4-8-14-24/h3-15,20,26H,16-19,21H2,1-2H3,(H,28,32)/t26-/m0/s1. The third kappa shape index (κ3) is 5.90. The van der Waals surface area contributed by atoms with Crippen molar-refractivity contribution in [3.63, 3.8) is 0 Å². The highest BCUT2D eigenvalue weighted by Gasteiger charge is 2.29. The number of piperazine rings is 1. The molecule has 35 heavy (non-hydrogen) atoms. The first-order chi connectivity index (χ1) is 16.9. The van der Waals surface area contributed by atoms with Gasteiger partial charge >= 0.3 is 0 Å². The summed E-state index contributed by atoms with van der Waals surface area (Å²) in [5.74, 6) is -0.293. The number of benzene rings is 3. The molecule has 0 radical (unpaired) electrons. The van der Waals surface area contributed by atoms with E-state index < -0.39 is 10.0 Å². The van der Waals surface area contributed by atoms with Crippen LogP contribution in [-0.2, 0) is 10.0 Å². The highest BCUT2D eigenvalue weighted by molar-refractivity contribution is 7.89. The predicted molar refractivity (Wildman–Crippen MR) is 139 cm³/mol. The maximum atomic E-state index is 13.3. The monoisotopic (exact) mass is 492 g/mol. The Bertz CT molecular complexity index is 1230. The molecule has 0 aliphatic carbocycles. The zero-order valence-corrected chi connectivity index (χ0v) is 21.0. The fraction of sp³-hybridized carbons (Fsp3) is 0.296. The normalized spacial score (nSPS) is 15.7. The van der Waals surface area contributed by atoms with Crippen LogP contribution < -0.4 is 10.2 Å². The lowest BCUT2D eigenvalue weighted by Gasteiger charge is -2.35. The van der Waals surface area contributed by atoms with Crippen LogP contribution in [-0.4, -0.2) is 70.3 Å². The molecule has 0 unspecified atom stereocenters. The Labute approximate surface area is 208 Å². The lowest BCUT2D eigenvalue weighted by molar-refractivity contribution is 0.0941. The number of hydrogen-bond donors (Lipinski definition) is 1. The van der Waals surface area contributed by atoms with Crippen molar-refractivity contribution in [3.8, 4) is 0 Å². The molecule has 1 aliphatic rings. The molecule has 184 valence electrons. The Morgan fingerprint density at radius 2 is 1.51 bits per heavy atom. The minimum absolute atomic E-state index is 0.00738. The predicted octanol–water partition coefficient (Wildman–Crippen LogP) is 3.23. The second-order valence-corrected chi connectivity index (χ2v) is 10.8. The number of carbonyl (C=O) groups excluding carboxylic acids is 1. The number of nitrogens with one attached hydrogen (secondary N) is 1. The van der Waals surface area contributed by atoms with Gasteiger partial charge in [0.2, 0.25) is 10.0 Å². The number of nitrogens with zero attached hydrogens (tertiary/aromatic N) is 3. The number of anilines is 1. The number of rotatable bonds is 8. The minimum Gasteiger partial charge on any atom is -0.369 e. The molecule has 1 amide bonds. The summed E-state index contributed by atoms with van der Waals surface area (Å²) < 4.78 is 28.1. The van der Waals surface area contributed by atoms with Crippen LogP contribution in [0.15, 0.2) is 89.8 Å². The van der Waals surface area contributed by atoms with Crippen LogP contribution in [0.25, 0.3) is 0 Å². The van der Waals surface area contributed by atoms with E-state index in [0.717, 1.165) is 11.3 Å². The van der Waals surface area contributed by atoms with Crippen LogP contribution in [0.2, 0.25) is 0 Å². The summed E-state index contributed by atoms with van der Waals surface area (Å²) in [6.45, 7) is 2.45. The Hall–Kier alpha value is -3.20. The number of para-hydroxylation sites is 1. The Balaban J connectivity index is 1.42. The second-order valence-electron chi connectivity index (χ2n) is 8.85. The molecule has 1 heterocycles. The van der Waals surface area contributed by atoms with E-state index in [1.54, 1.807) is 18.2 Å². The molecule has 1 N–H and O–H groups in total. The molecule has 1 saturated heterocycles. The minimum atomic E-state index is -3.69. The third-order valence-electron chi connectivity index (χ3n) is 6.36. The molecule has 7 nitrogen and oxygen atoms in total. The van der Waals surface area contributed by atoms with Gasteiger partial charge in [-0.2, -0.15) is 4.31 Å². The summed E-state index contributed by atoms with van der Waals surface area (Å²) in [4.78, 5) is 17.3. The average Bonchev–Trinajstić information content (AvgIpc) is 2.90. The van der Waals surface area contributed by atoms with E-state index in [1.807, 2.05) is 79.7 Å². The van der Waals surface area contributed by atoms with Crippen LogP contribution in [0, 0.1) is 0 Å². The van der Waals surface area contributed by atoms with Gasteiger partial charge in [-0.05, 0) is 50.0 Å². The topological polar surface area (TPSA) is 73.0 Å². The van der Waals surface area contributed by atoms with E-state index in [9.17, 15) is 13.2 Å². The maximum Gasteiger partial charge on any atom is 0.251 e. The molecule has 1 aliphatic heterocycles. The number of sulfonamides is 1. The highest BCUT2D eigenvalue weighted by atomic mass is 32.2. The number of amides is 1. The van der Waals surface area contributed by atoms with Crippen molar-refractivity contribution < 1.29 is 13.2 Å². The van der Waals surface area contributed by atoms with Crippen molar-refractivity contribution in [3.05, 3.63) is 96.1 Å². The van der Waals surface area contributed by atoms with E-state index in [-0.39, 0.29) is 16.8 Å². The van der Waals surface area contributed by atoms with Gasteiger partial charge in [0.15, 0.2) is 0 Å². The third-order valence-corrected chi connectivity index (χ3v) is 8.25. The van der Waals surface area contributed by atoms with Crippen molar-refractivity contribution in [2.24, 2.45) is 0 Å². The molecule has 3 aromatic rings. The van der Waals surface area contributed by atoms with Crippen LogP contribution in [0.4, 0.5) is 5.69 Å². The van der Waals surface area contributed by atoms with Crippen molar-refractivity contribution >= 4 is 21.6 Å². The quantitative estimate of drug-likeness (QED) is 0.523. The lowest BCUT2D eigenvalue weighted by atomic mass is 10.1. The summed E-state index contributed by atoms with van der Waals surface area (Å²) >= 11 is 0. The summed E-state index contributed by atoms with van der Waals surface area (Å²) in [5.41, 5.74) is 2.53. The molecule has 1 atom stereocenters. The van der Waals surface area contributed by atoms with Gasteiger partial charge in [-0.25, -0.2) is 8.42 Å². The van der Waals surface area contributed by atoms with Gasteiger partial charge in [0.1, 0.15) is 0 Å². The van der Waals surface area contributed by atoms with Gasteiger partial charge in [0.05, 0.1) is 10.9 Å². The lowest BCUT2D eigenvalue weighted by Crippen LogP contribution is -2.48. The zero-order chi connectivity index (χ0) is 24.8. The van der Waals surface area contributed by atoms with E-state index >= 15 is 0 Å². The van der Waals surface area contributed by atoms with Crippen LogP contribution in [0.1, 0.15) is 22.0 Å². The summed E-state index contributed by atoms with van der Waals surface area (Å²) in [7, 11) is 0.241. The van der Waals surface area contributed by atoms with Crippen LogP contribution >= 0.6 is 0 Å². The molecular weight excluding hydrogens is 460 g/mol. The first-order valence-electron chi connectivity index (χ1n) is 11.8. The Kier molecular flexibility index (Phi) is 7.85. The van der Waals surface area contributed by atoms with E-state index in [0.29, 0.717) is 38.3 Å². The Morgan fingerprint density at radius 3 is 2.14 bits per heavy atom. The molecular formula is C27H32N4O3S. The molecule has 1 fully saturated rings. The second kappa shape index (κ2) is 11.0. The zero-order valence-electron chi connectivity index (χ0n) is 20.2. The molecule has 8 heteroatoms. The number of likely N-dealkylation sites (N-methyl/N-ethyl adjacent to an activating group) is 1. The molecule has 0 aromatic heterocycles. The van der Waals surface area contributed by atoms with Gasteiger partial charge in [-0.3, -0.25) is 4.79 Å². The van der Waals surface area contributed by atoms with Crippen molar-refractivity contribution in [2.75, 3.05) is 51.7 Å². The SMILES string of the molecule is CN(C)[C@@H](CNC(=O)c1cccc(S(=O)(=O)N2CCN(c3ccccc3)CC2)c1)c1ccccc1. The fourth-order valence-corrected chi connectivity index (χ4v) is 5.81. The summed E-state index contributed by atoms with van der Waals surface area (Å²) in [6, 6.07) is 26.3. The molecule has 0 spiro atoms. The van der Waals surface area contributed by atoms with Gasteiger partial charge in [0, 0.05) is 44.0 Å². The average molecular weight is 493 g/mol. The smallest absolute Gasteiger partial charge is 0.251 e. The van der Waals surface area contributed by atoms with Crippen molar-refractivity contribution in [1.29, 1.82) is 0 Å². The molecule has 0 bridgehead atoms. The van der Waals surface area contributed by atoms with E-state index in [1.165, 1.54) is 10.4 Å². The number of carbonyl (C=O) groups is 1. The summed E-state index contributed by atoms with van der Waals surface area (Å²) in [5, 5.41) is 2.97. The van der Waals surface area contributed by atoms with Crippen LogP contribution in [0.3, 0.4) is 0 Å². The van der Waals surface area contributed by atoms with Gasteiger partial charge in [0.25, 0.3) is 5.91 Å². The van der Waals surface area contributed by atoms with Gasteiger partial charge < -0.3 is 15.1 Å². The summed E-state index contributed by atoms with van der Waals surface area (Å²) in [6.07, 6.45) is 0.